The standard InChI is InChI=1S/C8H7FN4S/c9-6-1-2-8(10-3-6)11-4-7-5-14-13-12-7/h1-3,5H,4H2,(H,10,11). The van der Waals surface area contributed by atoms with Crippen LogP contribution < -0.4 is 5.32 Å². The average Bonchev–Trinajstić information content (AvgIpc) is 2.70. The third-order valence-electron chi connectivity index (χ3n) is 1.58. The Kier molecular flexibility index (Phi) is 2.64. The number of pyridine rings is 1. The van der Waals surface area contributed by atoms with E-state index in [9.17, 15) is 4.39 Å². The summed E-state index contributed by atoms with van der Waals surface area (Å²) in [6, 6.07) is 2.93. The number of halogens is 1. The van der Waals surface area contributed by atoms with Crippen LogP contribution in [0.2, 0.25) is 0 Å². The number of nitrogens with one attached hydrogen (secondary N) is 1. The summed E-state index contributed by atoms with van der Waals surface area (Å²) in [6.07, 6.45) is 1.17. The fourth-order valence-corrected chi connectivity index (χ4v) is 1.37. The molecule has 6 heteroatoms. The Morgan fingerprint density at radius 1 is 1.43 bits per heavy atom. The molecule has 0 saturated carbocycles. The fourth-order valence-electron chi connectivity index (χ4n) is 0.923. The summed E-state index contributed by atoms with van der Waals surface area (Å²) in [5.41, 5.74) is 0.848. The van der Waals surface area contributed by atoms with E-state index in [4.69, 9.17) is 0 Å². The minimum absolute atomic E-state index is 0.342. The van der Waals surface area contributed by atoms with Gasteiger partial charge in [-0.1, -0.05) is 4.49 Å². The van der Waals surface area contributed by atoms with Gasteiger partial charge in [0.1, 0.15) is 11.6 Å². The van der Waals surface area contributed by atoms with Gasteiger partial charge in [0.2, 0.25) is 0 Å². The molecule has 0 fully saturated rings. The van der Waals surface area contributed by atoms with Gasteiger partial charge in [-0.15, -0.1) is 5.10 Å². The van der Waals surface area contributed by atoms with Crippen molar-refractivity contribution < 1.29 is 4.39 Å². The molecule has 0 unspecified atom stereocenters. The Hall–Kier alpha value is -1.56. The molecule has 4 nitrogen and oxygen atoms in total. The Bertz CT molecular complexity index is 386. The van der Waals surface area contributed by atoms with E-state index in [0.717, 1.165) is 5.69 Å². The van der Waals surface area contributed by atoms with Crippen LogP contribution in [0.1, 0.15) is 5.69 Å². The lowest BCUT2D eigenvalue weighted by Gasteiger charge is -2.01. The van der Waals surface area contributed by atoms with Crippen molar-refractivity contribution in [2.45, 2.75) is 6.54 Å². The van der Waals surface area contributed by atoms with Crippen molar-refractivity contribution in [2.75, 3.05) is 5.32 Å². The molecule has 1 N–H and O–H groups in total. The highest BCUT2D eigenvalue weighted by molar-refractivity contribution is 7.03. The molecule has 0 aliphatic heterocycles. The van der Waals surface area contributed by atoms with Crippen LogP contribution in [-0.2, 0) is 6.54 Å². The molecule has 72 valence electrons. The molecule has 2 aromatic heterocycles. The summed E-state index contributed by atoms with van der Waals surface area (Å²) in [6.45, 7) is 0.551. The van der Waals surface area contributed by atoms with Crippen molar-refractivity contribution in [3.8, 4) is 0 Å². The molecule has 0 aliphatic carbocycles. The number of aromatic nitrogens is 3. The smallest absolute Gasteiger partial charge is 0.141 e. The zero-order valence-electron chi connectivity index (χ0n) is 7.14. The van der Waals surface area contributed by atoms with Crippen LogP contribution in [0.4, 0.5) is 10.2 Å². The predicted octanol–water partition coefficient (Wildman–Crippen LogP) is 1.68. The van der Waals surface area contributed by atoms with Gasteiger partial charge in [-0.3, -0.25) is 0 Å². The van der Waals surface area contributed by atoms with Gasteiger partial charge in [0.15, 0.2) is 0 Å². The van der Waals surface area contributed by atoms with E-state index in [0.29, 0.717) is 12.4 Å². The van der Waals surface area contributed by atoms with E-state index >= 15 is 0 Å². The third kappa shape index (κ3) is 2.23. The molecule has 2 rings (SSSR count). The number of hydrogen-bond acceptors (Lipinski definition) is 5. The van der Waals surface area contributed by atoms with E-state index in [1.54, 1.807) is 6.07 Å². The Labute approximate surface area is 84.0 Å². The lowest BCUT2D eigenvalue weighted by atomic mass is 10.4. The van der Waals surface area contributed by atoms with Crippen LogP contribution in [0.25, 0.3) is 0 Å². The highest BCUT2D eigenvalue weighted by Gasteiger charge is 1.97. The summed E-state index contributed by atoms with van der Waals surface area (Å²) in [4.78, 5) is 3.85. The Balaban J connectivity index is 1.95. The number of nitrogens with zero attached hydrogens (tertiary/aromatic N) is 3. The van der Waals surface area contributed by atoms with Crippen molar-refractivity contribution in [1.29, 1.82) is 0 Å². The summed E-state index contributed by atoms with van der Waals surface area (Å²) in [5.74, 6) is 0.283. The number of anilines is 1. The second-order valence-electron chi connectivity index (χ2n) is 2.61. The van der Waals surface area contributed by atoms with Crippen LogP contribution in [0.15, 0.2) is 23.7 Å². The highest BCUT2D eigenvalue weighted by atomic mass is 32.1. The number of hydrogen-bond donors (Lipinski definition) is 1. The van der Waals surface area contributed by atoms with Crippen LogP contribution in [0.5, 0.6) is 0 Å². The zero-order valence-corrected chi connectivity index (χ0v) is 7.96. The minimum Gasteiger partial charge on any atom is -0.364 e. The lowest BCUT2D eigenvalue weighted by molar-refractivity contribution is 0.621. The van der Waals surface area contributed by atoms with Gasteiger partial charge in [0, 0.05) is 5.38 Å². The Morgan fingerprint density at radius 2 is 2.36 bits per heavy atom. The monoisotopic (exact) mass is 210 g/mol. The largest absolute Gasteiger partial charge is 0.364 e. The van der Waals surface area contributed by atoms with Crippen molar-refractivity contribution in [3.63, 3.8) is 0 Å². The van der Waals surface area contributed by atoms with Crippen LogP contribution in [0, 0.1) is 5.82 Å². The van der Waals surface area contributed by atoms with E-state index < -0.39 is 0 Å². The van der Waals surface area contributed by atoms with E-state index in [1.165, 1.54) is 23.8 Å². The lowest BCUT2D eigenvalue weighted by Crippen LogP contribution is -2.01. The molecule has 14 heavy (non-hydrogen) atoms. The third-order valence-corrected chi connectivity index (χ3v) is 2.14. The summed E-state index contributed by atoms with van der Waals surface area (Å²) < 4.78 is 16.2. The average molecular weight is 210 g/mol. The van der Waals surface area contributed by atoms with Gasteiger partial charge >= 0.3 is 0 Å². The van der Waals surface area contributed by atoms with Crippen LogP contribution in [-0.4, -0.2) is 14.6 Å². The fraction of sp³-hybridized carbons (Fsp3) is 0.125. The first-order valence-corrected chi connectivity index (χ1v) is 4.79. The van der Waals surface area contributed by atoms with E-state index in [2.05, 4.69) is 19.9 Å². The molecule has 0 aliphatic rings. The molecular weight excluding hydrogens is 203 g/mol. The molecule has 0 radical (unpaired) electrons. The summed E-state index contributed by atoms with van der Waals surface area (Å²) >= 11 is 1.30. The van der Waals surface area contributed by atoms with Crippen LogP contribution in [0.3, 0.4) is 0 Å². The van der Waals surface area contributed by atoms with Crippen LogP contribution >= 0.6 is 11.5 Å². The first kappa shape index (κ1) is 9.01. The second kappa shape index (κ2) is 4.10. The molecule has 0 spiro atoms. The maximum Gasteiger partial charge on any atom is 0.141 e. The van der Waals surface area contributed by atoms with Gasteiger partial charge < -0.3 is 5.32 Å². The Morgan fingerprint density at radius 3 is 3.00 bits per heavy atom. The van der Waals surface area contributed by atoms with Gasteiger partial charge in [0.05, 0.1) is 18.4 Å². The van der Waals surface area contributed by atoms with E-state index in [1.807, 2.05) is 5.38 Å². The molecule has 0 aromatic carbocycles. The molecule has 0 bridgehead atoms. The van der Waals surface area contributed by atoms with Gasteiger partial charge in [-0.05, 0) is 23.7 Å². The summed E-state index contributed by atoms with van der Waals surface area (Å²) in [5, 5.41) is 8.70. The van der Waals surface area contributed by atoms with Crippen molar-refractivity contribution in [1.82, 2.24) is 14.6 Å². The first-order valence-electron chi connectivity index (χ1n) is 3.96. The first-order chi connectivity index (χ1) is 6.84. The molecule has 2 heterocycles. The maximum absolute atomic E-state index is 12.5. The van der Waals surface area contributed by atoms with Gasteiger partial charge in [0.25, 0.3) is 0 Å². The van der Waals surface area contributed by atoms with Crippen molar-refractivity contribution >= 4 is 17.4 Å². The normalized spacial score (nSPS) is 10.1. The quantitative estimate of drug-likeness (QED) is 0.837. The molecule has 0 amide bonds. The number of rotatable bonds is 3. The molecule has 0 atom stereocenters. The maximum atomic E-state index is 12.5. The summed E-state index contributed by atoms with van der Waals surface area (Å²) in [7, 11) is 0. The van der Waals surface area contributed by atoms with Gasteiger partial charge in [-0.2, -0.15) is 0 Å². The minimum atomic E-state index is -0.342. The SMILES string of the molecule is Fc1ccc(NCc2csnn2)nc1. The second-order valence-corrected chi connectivity index (χ2v) is 3.22. The molecule has 2 aromatic rings. The highest BCUT2D eigenvalue weighted by Crippen LogP contribution is 2.05. The predicted molar refractivity (Wildman–Crippen MR) is 51.4 cm³/mol. The van der Waals surface area contributed by atoms with Crippen molar-refractivity contribution in [2.24, 2.45) is 0 Å². The molecular formula is C8H7FN4S. The van der Waals surface area contributed by atoms with Crippen molar-refractivity contribution in [3.05, 3.63) is 35.2 Å². The zero-order chi connectivity index (χ0) is 9.80. The molecule has 0 saturated heterocycles. The topological polar surface area (TPSA) is 50.7 Å². The van der Waals surface area contributed by atoms with Gasteiger partial charge in [-0.25, -0.2) is 9.37 Å². The van der Waals surface area contributed by atoms with E-state index in [-0.39, 0.29) is 5.82 Å².